The van der Waals surface area contributed by atoms with Gasteiger partial charge in [-0.15, -0.1) is 0 Å². The molecule has 9 heteroatoms. The molecule has 0 atom stereocenters. The molecule has 2 amide bonds. The Morgan fingerprint density at radius 3 is 1.57 bits per heavy atom. The fourth-order valence-corrected chi connectivity index (χ4v) is 2.92. The topological polar surface area (TPSA) is 101 Å². The molecule has 0 aromatic heterocycles. The maximum atomic E-state index is 12.2. The van der Waals surface area contributed by atoms with E-state index in [4.69, 9.17) is 21.1 Å². The Morgan fingerprint density at radius 1 is 0.743 bits per heavy atom. The third kappa shape index (κ3) is 12.2. The Hall–Kier alpha value is -3.10. The van der Waals surface area contributed by atoms with E-state index in [0.29, 0.717) is 6.54 Å². The molecule has 190 valence electrons. The lowest BCUT2D eigenvalue weighted by Gasteiger charge is -2.22. The molecule has 0 spiro atoms. The van der Waals surface area contributed by atoms with E-state index in [1.54, 1.807) is 41.5 Å². The molecule has 0 saturated heterocycles. The summed E-state index contributed by atoms with van der Waals surface area (Å²) in [4.78, 5) is 28.7. The number of ether oxygens (including phenoxy) is 2. The minimum Gasteiger partial charge on any atom is -0.444 e. The summed E-state index contributed by atoms with van der Waals surface area (Å²) in [5.41, 5.74) is 1.78. The van der Waals surface area contributed by atoms with Gasteiger partial charge in [0.2, 0.25) is 5.96 Å². The lowest BCUT2D eigenvalue weighted by atomic mass is 10.1. The highest BCUT2D eigenvalue weighted by molar-refractivity contribution is 6.30. The molecule has 35 heavy (non-hydrogen) atoms. The molecule has 3 N–H and O–H groups in total. The molecule has 2 aromatic rings. The van der Waals surface area contributed by atoms with Gasteiger partial charge >= 0.3 is 12.2 Å². The van der Waals surface area contributed by atoms with Crippen LogP contribution in [0.2, 0.25) is 5.02 Å². The fourth-order valence-electron chi connectivity index (χ4n) is 2.80. The van der Waals surface area contributed by atoms with Gasteiger partial charge in [0.25, 0.3) is 0 Å². The molecular weight excluding hydrogens is 468 g/mol. The van der Waals surface area contributed by atoms with Gasteiger partial charge in [-0.25, -0.2) is 14.6 Å². The Labute approximate surface area is 212 Å². The minimum absolute atomic E-state index is 0.0535. The van der Waals surface area contributed by atoms with Crippen molar-refractivity contribution < 1.29 is 19.1 Å². The Balaban J connectivity index is 1.97. The number of benzene rings is 2. The number of carbonyl (C=O) groups is 2. The standard InChI is InChI=1S/C26H35ClN4O4/c1-25(2,3)34-23(32)30-22(31-24(33)35-26(4,5)6)29-17-20-9-7-18(8-10-20)15-28-16-19-11-13-21(27)14-12-19/h7-14,28H,15-17H2,1-6H3,(H2,29,30,31,32,33). The van der Waals surface area contributed by atoms with Crippen LogP contribution in [-0.4, -0.2) is 29.3 Å². The molecule has 0 aliphatic carbocycles. The van der Waals surface area contributed by atoms with Gasteiger partial charge in [0, 0.05) is 18.1 Å². The maximum absolute atomic E-state index is 12.2. The van der Waals surface area contributed by atoms with E-state index >= 15 is 0 Å². The first-order chi connectivity index (χ1) is 16.3. The zero-order chi connectivity index (χ0) is 26.1. The Morgan fingerprint density at radius 2 is 1.14 bits per heavy atom. The maximum Gasteiger partial charge on any atom is 0.414 e. The van der Waals surface area contributed by atoms with E-state index in [2.05, 4.69) is 20.9 Å². The van der Waals surface area contributed by atoms with Crippen molar-refractivity contribution in [1.29, 1.82) is 0 Å². The molecule has 2 aromatic carbocycles. The number of hydrogen-bond acceptors (Lipinski definition) is 6. The predicted molar refractivity (Wildman–Crippen MR) is 138 cm³/mol. The largest absolute Gasteiger partial charge is 0.444 e. The summed E-state index contributed by atoms with van der Waals surface area (Å²) >= 11 is 5.92. The zero-order valence-electron chi connectivity index (χ0n) is 21.2. The summed E-state index contributed by atoms with van der Waals surface area (Å²) in [6.45, 7) is 12.2. The van der Waals surface area contributed by atoms with Crippen molar-refractivity contribution in [1.82, 2.24) is 16.0 Å². The number of aliphatic imine (C=N–C) groups is 1. The van der Waals surface area contributed by atoms with Crippen molar-refractivity contribution >= 4 is 29.7 Å². The normalized spacial score (nSPS) is 11.4. The highest BCUT2D eigenvalue weighted by Crippen LogP contribution is 2.11. The molecule has 0 aliphatic rings. The zero-order valence-corrected chi connectivity index (χ0v) is 22.0. The van der Waals surface area contributed by atoms with E-state index in [1.807, 2.05) is 48.5 Å². The third-order valence-corrected chi connectivity index (χ3v) is 4.50. The van der Waals surface area contributed by atoms with Crippen LogP contribution in [0.15, 0.2) is 53.5 Å². The van der Waals surface area contributed by atoms with E-state index < -0.39 is 23.4 Å². The molecule has 8 nitrogen and oxygen atoms in total. The second-order valence-corrected chi connectivity index (χ2v) is 10.4. The van der Waals surface area contributed by atoms with Crippen LogP contribution in [0.1, 0.15) is 58.2 Å². The number of rotatable bonds is 6. The van der Waals surface area contributed by atoms with Crippen molar-refractivity contribution in [3.63, 3.8) is 0 Å². The smallest absolute Gasteiger partial charge is 0.414 e. The summed E-state index contributed by atoms with van der Waals surface area (Å²) in [6, 6.07) is 15.6. The Kier molecular flexibility index (Phi) is 10.1. The van der Waals surface area contributed by atoms with Crippen molar-refractivity contribution in [2.45, 2.75) is 72.4 Å². The lowest BCUT2D eigenvalue weighted by Crippen LogP contribution is -2.47. The number of hydrogen-bond donors (Lipinski definition) is 3. The van der Waals surface area contributed by atoms with Gasteiger partial charge in [0.1, 0.15) is 11.2 Å². The Bertz CT molecular complexity index is 976. The van der Waals surface area contributed by atoms with E-state index in [-0.39, 0.29) is 12.5 Å². The van der Waals surface area contributed by atoms with E-state index in [0.717, 1.165) is 28.3 Å². The van der Waals surface area contributed by atoms with E-state index in [1.165, 1.54) is 0 Å². The van der Waals surface area contributed by atoms with Crippen LogP contribution in [0, 0.1) is 0 Å². The molecule has 0 aliphatic heterocycles. The minimum atomic E-state index is -0.727. The average molecular weight is 503 g/mol. The third-order valence-electron chi connectivity index (χ3n) is 4.25. The van der Waals surface area contributed by atoms with E-state index in [9.17, 15) is 9.59 Å². The summed E-state index contributed by atoms with van der Waals surface area (Å²) < 4.78 is 10.5. The molecule has 0 heterocycles. The van der Waals surface area contributed by atoms with Crippen LogP contribution in [0.5, 0.6) is 0 Å². The van der Waals surface area contributed by atoms with Gasteiger partial charge in [-0.2, -0.15) is 0 Å². The van der Waals surface area contributed by atoms with Crippen molar-refractivity contribution in [3.8, 4) is 0 Å². The van der Waals surface area contributed by atoms with Crippen LogP contribution in [0.3, 0.4) is 0 Å². The summed E-state index contributed by atoms with van der Waals surface area (Å²) in [7, 11) is 0. The average Bonchev–Trinajstić information content (AvgIpc) is 2.71. The highest BCUT2D eigenvalue weighted by atomic mass is 35.5. The molecule has 0 unspecified atom stereocenters. The second kappa shape index (κ2) is 12.6. The van der Waals surface area contributed by atoms with Crippen LogP contribution in [-0.2, 0) is 29.1 Å². The predicted octanol–water partition coefficient (Wildman–Crippen LogP) is 5.54. The number of carbonyl (C=O) groups excluding carboxylic acids is 2. The van der Waals surface area contributed by atoms with Crippen molar-refractivity contribution in [2.75, 3.05) is 0 Å². The van der Waals surface area contributed by atoms with Crippen LogP contribution >= 0.6 is 11.6 Å². The van der Waals surface area contributed by atoms with Crippen molar-refractivity contribution in [3.05, 3.63) is 70.2 Å². The fraction of sp³-hybridized carbons (Fsp3) is 0.423. The van der Waals surface area contributed by atoms with Crippen molar-refractivity contribution in [2.24, 2.45) is 4.99 Å². The molecule has 0 bridgehead atoms. The number of nitrogens with one attached hydrogen (secondary N) is 3. The summed E-state index contributed by atoms with van der Waals surface area (Å²) in [6.07, 6.45) is -1.45. The monoisotopic (exact) mass is 502 g/mol. The van der Waals surface area contributed by atoms with Gasteiger partial charge in [0.05, 0.1) is 6.54 Å². The number of guanidine groups is 1. The van der Waals surface area contributed by atoms with Crippen LogP contribution in [0.4, 0.5) is 9.59 Å². The molecule has 0 fully saturated rings. The number of halogens is 1. The van der Waals surface area contributed by atoms with Gasteiger partial charge in [-0.1, -0.05) is 48.0 Å². The van der Waals surface area contributed by atoms with Gasteiger partial charge in [0.15, 0.2) is 0 Å². The first-order valence-corrected chi connectivity index (χ1v) is 11.7. The molecule has 0 saturated carbocycles. The van der Waals surface area contributed by atoms with Crippen LogP contribution < -0.4 is 16.0 Å². The number of nitrogens with zero attached hydrogens (tertiary/aromatic N) is 1. The first-order valence-electron chi connectivity index (χ1n) is 11.4. The highest BCUT2D eigenvalue weighted by Gasteiger charge is 2.21. The number of alkyl carbamates (subject to hydrolysis) is 2. The summed E-state index contributed by atoms with van der Waals surface area (Å²) in [5.74, 6) is -0.0535. The SMILES string of the molecule is CC(C)(C)OC(=O)NC(=NCc1ccc(CNCc2ccc(Cl)cc2)cc1)NC(=O)OC(C)(C)C. The molecule has 0 radical (unpaired) electrons. The summed E-state index contributed by atoms with van der Waals surface area (Å²) in [5, 5.41) is 9.07. The molecular formula is C26H35ClN4O4. The van der Waals surface area contributed by atoms with Gasteiger partial charge in [-0.05, 0) is 70.4 Å². The first kappa shape index (κ1) is 28.1. The number of amides is 2. The quantitative estimate of drug-likeness (QED) is 0.356. The lowest BCUT2D eigenvalue weighted by molar-refractivity contribution is 0.0545. The molecule has 2 rings (SSSR count). The van der Waals surface area contributed by atoms with Crippen LogP contribution in [0.25, 0.3) is 0 Å². The van der Waals surface area contributed by atoms with Gasteiger partial charge in [-0.3, -0.25) is 10.6 Å². The second-order valence-electron chi connectivity index (χ2n) is 9.97. The van der Waals surface area contributed by atoms with Gasteiger partial charge < -0.3 is 14.8 Å².